The molecular weight excluding hydrogens is 518 g/mol. The van der Waals surface area contributed by atoms with E-state index in [0.29, 0.717) is 17.8 Å². The molecule has 0 N–H and O–H groups in total. The summed E-state index contributed by atoms with van der Waals surface area (Å²) in [6.45, 7) is 6.54. The Hall–Kier alpha value is -3.52. The number of hydrogen-bond donors (Lipinski definition) is 0. The third-order valence-electron chi connectivity index (χ3n) is 5.63. The first-order valence-corrected chi connectivity index (χ1v) is 12.3. The molecule has 3 aromatic rings. The van der Waals surface area contributed by atoms with E-state index in [-0.39, 0.29) is 22.2 Å². The fourth-order valence-electron chi connectivity index (χ4n) is 3.76. The largest absolute Gasteiger partial charge is 0.416 e. The van der Waals surface area contributed by atoms with Gasteiger partial charge in [-0.15, -0.1) is 0 Å². The highest BCUT2D eigenvalue weighted by Crippen LogP contribution is 2.39. The van der Waals surface area contributed by atoms with E-state index >= 15 is 0 Å². The van der Waals surface area contributed by atoms with Crippen molar-refractivity contribution in [3.63, 3.8) is 0 Å². The maximum Gasteiger partial charge on any atom is 0.416 e. The molecule has 0 aliphatic rings. The summed E-state index contributed by atoms with van der Waals surface area (Å²) in [5.74, 6) is 0. The van der Waals surface area contributed by atoms with Crippen LogP contribution in [0.15, 0.2) is 64.4 Å². The van der Waals surface area contributed by atoms with Crippen LogP contribution in [0.2, 0.25) is 0 Å². The molecule has 0 saturated heterocycles. The number of alkyl halides is 6. The number of halogens is 6. The number of nitrogens with zero attached hydrogens (tertiary/aromatic N) is 2. The second-order valence-corrected chi connectivity index (χ2v) is 11.3. The minimum absolute atomic E-state index is 0.0418. The Morgan fingerprint density at radius 3 is 1.84 bits per heavy atom. The number of aromatic nitrogens is 1. The zero-order chi connectivity index (χ0) is 28.0. The number of allylic oxidation sites excluding steroid dienone is 1. The maximum atomic E-state index is 13.5. The summed E-state index contributed by atoms with van der Waals surface area (Å²) in [7, 11) is -4.23. The van der Waals surface area contributed by atoms with Crippen LogP contribution in [0.3, 0.4) is 0 Å². The van der Waals surface area contributed by atoms with Crippen molar-refractivity contribution in [1.82, 2.24) is 4.57 Å². The molecule has 0 radical (unpaired) electrons. The van der Waals surface area contributed by atoms with Crippen LogP contribution >= 0.6 is 0 Å². The first-order chi connectivity index (χ1) is 16.9. The van der Waals surface area contributed by atoms with Gasteiger partial charge in [0.1, 0.15) is 11.0 Å². The highest BCUT2D eigenvalue weighted by atomic mass is 32.2. The van der Waals surface area contributed by atoms with E-state index in [1.54, 1.807) is 32.9 Å². The van der Waals surface area contributed by atoms with Crippen molar-refractivity contribution in [1.29, 1.82) is 5.26 Å². The lowest BCUT2D eigenvalue weighted by molar-refractivity contribution is -0.143. The summed E-state index contributed by atoms with van der Waals surface area (Å²) in [5, 5.41) is 9.63. The van der Waals surface area contributed by atoms with Gasteiger partial charge in [-0.2, -0.15) is 31.6 Å². The number of benzene rings is 2. The molecule has 2 aromatic carbocycles. The van der Waals surface area contributed by atoms with E-state index in [9.17, 15) is 40.0 Å². The molecule has 196 valence electrons. The van der Waals surface area contributed by atoms with Gasteiger partial charge < -0.3 is 4.57 Å². The van der Waals surface area contributed by atoms with Crippen LogP contribution in [0.4, 0.5) is 26.3 Å². The van der Waals surface area contributed by atoms with Crippen LogP contribution in [0.1, 0.15) is 48.8 Å². The van der Waals surface area contributed by atoms with Gasteiger partial charge in [-0.05, 0) is 55.0 Å². The van der Waals surface area contributed by atoms with E-state index in [4.69, 9.17) is 0 Å². The van der Waals surface area contributed by atoms with Crippen LogP contribution in [-0.2, 0) is 27.6 Å². The van der Waals surface area contributed by atoms with Crippen molar-refractivity contribution < 1.29 is 34.8 Å². The van der Waals surface area contributed by atoms with E-state index in [1.165, 1.54) is 41.8 Å². The molecule has 0 amide bonds. The van der Waals surface area contributed by atoms with Crippen LogP contribution < -0.4 is 0 Å². The van der Waals surface area contributed by atoms with Gasteiger partial charge in [0.05, 0.1) is 16.0 Å². The Morgan fingerprint density at radius 2 is 1.41 bits per heavy atom. The molecule has 0 unspecified atom stereocenters. The molecule has 37 heavy (non-hydrogen) atoms. The van der Waals surface area contributed by atoms with Crippen molar-refractivity contribution in [2.24, 2.45) is 0 Å². The molecule has 0 fully saturated rings. The fourth-order valence-corrected chi connectivity index (χ4v) is 4.93. The monoisotopic (exact) mass is 540 g/mol. The first-order valence-electron chi connectivity index (χ1n) is 10.8. The smallest absolute Gasteiger partial charge is 0.317 e. The predicted octanol–water partition coefficient (Wildman–Crippen LogP) is 7.46. The predicted molar refractivity (Wildman–Crippen MR) is 126 cm³/mol. The molecule has 0 atom stereocenters. The van der Waals surface area contributed by atoms with Crippen LogP contribution in [0.5, 0.6) is 0 Å². The van der Waals surface area contributed by atoms with Gasteiger partial charge in [0.2, 0.25) is 9.84 Å². The van der Waals surface area contributed by atoms with E-state index in [0.717, 1.165) is 6.08 Å². The van der Waals surface area contributed by atoms with Crippen LogP contribution in [0.25, 0.3) is 11.8 Å². The molecule has 0 spiro atoms. The van der Waals surface area contributed by atoms with Crippen LogP contribution in [0, 0.1) is 18.3 Å². The Balaban J connectivity index is 2.34. The van der Waals surface area contributed by atoms with Crippen molar-refractivity contribution in [2.75, 3.05) is 0 Å². The van der Waals surface area contributed by atoms with E-state index in [1.807, 2.05) is 0 Å². The lowest BCUT2D eigenvalue weighted by atomic mass is 9.91. The maximum absolute atomic E-state index is 13.5. The Bertz CT molecular complexity index is 1470. The third-order valence-corrected chi connectivity index (χ3v) is 7.31. The normalized spacial score (nSPS) is 13.5. The number of rotatable bonds is 4. The molecule has 0 aliphatic heterocycles. The average molecular weight is 541 g/mol. The minimum atomic E-state index is -5.04. The van der Waals surface area contributed by atoms with Crippen LogP contribution in [-0.4, -0.2) is 13.0 Å². The molecular formula is C26H22F6N2O2S. The highest BCUT2D eigenvalue weighted by Gasteiger charge is 2.38. The molecule has 0 aliphatic carbocycles. The number of nitriles is 1. The van der Waals surface area contributed by atoms with Crippen molar-refractivity contribution in [2.45, 2.75) is 50.4 Å². The van der Waals surface area contributed by atoms with Crippen molar-refractivity contribution in [3.8, 4) is 11.8 Å². The van der Waals surface area contributed by atoms with Gasteiger partial charge in [0.25, 0.3) is 0 Å². The summed E-state index contributed by atoms with van der Waals surface area (Å²) in [6.07, 6.45) is -9.01. The Kier molecular flexibility index (Phi) is 7.14. The highest BCUT2D eigenvalue weighted by molar-refractivity contribution is 7.95. The summed E-state index contributed by atoms with van der Waals surface area (Å²) < 4.78 is 108. The standard InChI is InChI=1S/C26H22F6N2O2S/c1-16-17(10-22(15-33)37(35,36)21-8-6-5-7-9-21)11-23(24(2,3)4)34(16)20-13-18(25(27,28)29)12-19(14-20)26(30,31)32/h5-14H,1-4H3/b22-10+. The second-order valence-electron chi connectivity index (χ2n) is 9.36. The Morgan fingerprint density at radius 1 is 0.892 bits per heavy atom. The number of hydrogen-bond acceptors (Lipinski definition) is 3. The molecule has 11 heteroatoms. The van der Waals surface area contributed by atoms with Gasteiger partial charge in [-0.1, -0.05) is 39.0 Å². The second kappa shape index (κ2) is 9.41. The minimum Gasteiger partial charge on any atom is -0.317 e. The zero-order valence-electron chi connectivity index (χ0n) is 20.2. The molecule has 1 aromatic heterocycles. The Labute approximate surface area is 210 Å². The SMILES string of the molecule is Cc1c(/C=C(\C#N)S(=O)(=O)c2ccccc2)cc(C(C)(C)C)n1-c1cc(C(F)(F)F)cc(C(F)(F)F)c1. The van der Waals surface area contributed by atoms with E-state index < -0.39 is 49.3 Å². The third kappa shape index (κ3) is 5.74. The molecule has 1 heterocycles. The van der Waals surface area contributed by atoms with E-state index in [2.05, 4.69) is 0 Å². The van der Waals surface area contributed by atoms with Crippen molar-refractivity contribution in [3.05, 3.63) is 87.6 Å². The zero-order valence-corrected chi connectivity index (χ0v) is 21.0. The topological polar surface area (TPSA) is 62.9 Å². The van der Waals surface area contributed by atoms with Gasteiger partial charge in [-0.25, -0.2) is 8.42 Å². The quantitative estimate of drug-likeness (QED) is 0.255. The van der Waals surface area contributed by atoms with Crippen molar-refractivity contribution >= 4 is 15.9 Å². The van der Waals surface area contributed by atoms with Gasteiger partial charge in [-0.3, -0.25) is 0 Å². The molecule has 0 saturated carbocycles. The summed E-state index contributed by atoms with van der Waals surface area (Å²) >= 11 is 0. The average Bonchev–Trinajstić information content (AvgIpc) is 3.12. The number of sulfone groups is 1. The fraction of sp³-hybridized carbons (Fsp3) is 0.269. The molecule has 4 nitrogen and oxygen atoms in total. The summed E-state index contributed by atoms with van der Waals surface area (Å²) in [6, 6.07) is 11.5. The summed E-state index contributed by atoms with van der Waals surface area (Å²) in [5.41, 5.74) is -3.50. The van der Waals surface area contributed by atoms with Gasteiger partial charge in [0.15, 0.2) is 0 Å². The van der Waals surface area contributed by atoms with Gasteiger partial charge >= 0.3 is 12.4 Å². The summed E-state index contributed by atoms with van der Waals surface area (Å²) in [4.78, 5) is -0.761. The van der Waals surface area contributed by atoms with Gasteiger partial charge in [0, 0.05) is 22.5 Å². The lowest BCUT2D eigenvalue weighted by Crippen LogP contribution is -2.19. The molecule has 0 bridgehead atoms. The molecule has 3 rings (SSSR count). The lowest BCUT2D eigenvalue weighted by Gasteiger charge is -2.24. The first kappa shape index (κ1) is 28.1.